The molecule has 1 N–H and O–H groups in total. The third kappa shape index (κ3) is 3.08. The van der Waals surface area contributed by atoms with Gasteiger partial charge in [0.25, 0.3) is 5.91 Å². The van der Waals surface area contributed by atoms with Crippen molar-refractivity contribution in [3.8, 4) is 5.75 Å². The fraction of sp³-hybridized carbons (Fsp3) is 0.545. The summed E-state index contributed by atoms with van der Waals surface area (Å²) in [5.41, 5.74) is 2.30. The summed E-state index contributed by atoms with van der Waals surface area (Å²) in [5.74, 6) is 0.703. The molecule has 2 aromatic rings. The maximum atomic E-state index is 13.3. The smallest absolute Gasteiger partial charge is 0.328 e. The van der Waals surface area contributed by atoms with Gasteiger partial charge in [0.1, 0.15) is 11.3 Å². The van der Waals surface area contributed by atoms with Crippen molar-refractivity contribution >= 4 is 22.8 Å². The molecule has 1 atom stereocenters. The minimum Gasteiger partial charge on any atom is -0.497 e. The van der Waals surface area contributed by atoms with Gasteiger partial charge < -0.3 is 19.5 Å². The van der Waals surface area contributed by atoms with Crippen LogP contribution in [0, 0.1) is 0 Å². The number of ether oxygens (including phenoxy) is 1. The van der Waals surface area contributed by atoms with Crippen molar-refractivity contribution in [1.29, 1.82) is 0 Å². The van der Waals surface area contributed by atoms with E-state index in [0.29, 0.717) is 25.6 Å². The molecule has 0 aliphatic carbocycles. The van der Waals surface area contributed by atoms with Gasteiger partial charge in [-0.2, -0.15) is 0 Å². The van der Waals surface area contributed by atoms with Gasteiger partial charge in [0, 0.05) is 35.6 Å². The first-order valence-electron chi connectivity index (χ1n) is 10.3. The number of hydrogen-bond acceptors (Lipinski definition) is 4. The zero-order valence-corrected chi connectivity index (χ0v) is 17.9. The van der Waals surface area contributed by atoms with Crippen LogP contribution in [-0.4, -0.2) is 70.4 Å². The first kappa shape index (κ1) is 19.8. The lowest BCUT2D eigenvalue weighted by Gasteiger charge is -2.35. The predicted molar refractivity (Wildman–Crippen MR) is 112 cm³/mol. The molecule has 156 valence electrons. The number of rotatable bonds is 6. The van der Waals surface area contributed by atoms with Crippen molar-refractivity contribution in [1.82, 2.24) is 19.7 Å². The molecule has 4 rings (SSSR count). The van der Waals surface area contributed by atoms with Crippen LogP contribution in [-0.2, 0) is 17.8 Å². The number of methoxy groups -OCH3 is 1. The second-order valence-corrected chi connectivity index (χ2v) is 8.70. The van der Waals surface area contributed by atoms with Gasteiger partial charge in [0.15, 0.2) is 0 Å². The van der Waals surface area contributed by atoms with E-state index in [9.17, 15) is 9.59 Å². The lowest BCUT2D eigenvalue weighted by atomic mass is 9.86. The highest BCUT2D eigenvalue weighted by Crippen LogP contribution is 2.41. The summed E-state index contributed by atoms with van der Waals surface area (Å²) in [7, 11) is 3.71. The Hall–Kier alpha value is -2.54. The van der Waals surface area contributed by atoms with E-state index in [2.05, 4.69) is 30.8 Å². The van der Waals surface area contributed by atoms with Gasteiger partial charge in [-0.05, 0) is 64.5 Å². The number of carbonyl (C=O) groups is 2. The highest BCUT2D eigenvalue weighted by molar-refractivity contribution is 6.07. The number of urea groups is 1. The summed E-state index contributed by atoms with van der Waals surface area (Å²) in [6, 6.07) is 6.18. The lowest BCUT2D eigenvalue weighted by molar-refractivity contribution is -0.133. The zero-order valence-electron chi connectivity index (χ0n) is 17.9. The normalized spacial score (nSPS) is 21.5. The molecule has 0 saturated carbocycles. The van der Waals surface area contributed by atoms with Crippen molar-refractivity contribution < 1.29 is 14.3 Å². The standard InChI is InChI=1S/C22H30N4O3/c1-14(2)24(4)9-6-10-25-20(27)22(3)12-17-16-11-15(29-5)7-8-18(16)23-19(17)13-26(22)21(25)28/h7-8,11,14,23H,6,9-10,12-13H2,1-5H3/t22-/m0/s1. The van der Waals surface area contributed by atoms with E-state index in [4.69, 9.17) is 4.74 Å². The molecule has 0 spiro atoms. The average Bonchev–Trinajstić information content (AvgIpc) is 3.13. The molecule has 0 bridgehead atoms. The van der Waals surface area contributed by atoms with Crippen molar-refractivity contribution in [2.24, 2.45) is 0 Å². The van der Waals surface area contributed by atoms with Crippen molar-refractivity contribution in [3.63, 3.8) is 0 Å². The van der Waals surface area contributed by atoms with Crippen molar-refractivity contribution in [3.05, 3.63) is 29.5 Å². The molecule has 3 amide bonds. The van der Waals surface area contributed by atoms with Gasteiger partial charge in [-0.1, -0.05) is 0 Å². The highest BCUT2D eigenvalue weighted by Gasteiger charge is 2.56. The topological polar surface area (TPSA) is 68.9 Å². The number of H-pyrrole nitrogens is 1. The van der Waals surface area contributed by atoms with Crippen LogP contribution < -0.4 is 4.74 Å². The maximum absolute atomic E-state index is 13.3. The van der Waals surface area contributed by atoms with Gasteiger partial charge >= 0.3 is 6.03 Å². The molecule has 1 aromatic carbocycles. The molecule has 3 heterocycles. The minimum atomic E-state index is -0.827. The molecule has 1 saturated heterocycles. The van der Waals surface area contributed by atoms with Crippen LogP contribution in [0.2, 0.25) is 0 Å². The average molecular weight is 399 g/mol. The largest absolute Gasteiger partial charge is 0.497 e. The summed E-state index contributed by atoms with van der Waals surface area (Å²) in [6.45, 7) is 7.92. The summed E-state index contributed by atoms with van der Waals surface area (Å²) < 4.78 is 5.37. The predicted octanol–water partition coefficient (Wildman–Crippen LogP) is 2.99. The minimum absolute atomic E-state index is 0.0856. The van der Waals surface area contributed by atoms with Gasteiger partial charge in [0.2, 0.25) is 0 Å². The first-order chi connectivity index (χ1) is 13.8. The molecular weight excluding hydrogens is 368 g/mol. The number of carbonyl (C=O) groups excluding carboxylic acids is 2. The Kier molecular flexibility index (Phi) is 4.81. The Morgan fingerprint density at radius 3 is 2.76 bits per heavy atom. The van der Waals surface area contributed by atoms with E-state index in [-0.39, 0.29) is 11.9 Å². The van der Waals surface area contributed by atoms with E-state index in [0.717, 1.165) is 40.9 Å². The second kappa shape index (κ2) is 7.06. The van der Waals surface area contributed by atoms with E-state index in [1.165, 1.54) is 4.90 Å². The molecular formula is C22H30N4O3. The number of hydrogen-bond donors (Lipinski definition) is 1. The summed E-state index contributed by atoms with van der Waals surface area (Å²) in [6.07, 6.45) is 1.30. The van der Waals surface area contributed by atoms with Crippen LogP contribution in [0.15, 0.2) is 18.2 Å². The Balaban J connectivity index is 1.58. The summed E-state index contributed by atoms with van der Waals surface area (Å²) in [5, 5.41) is 1.07. The summed E-state index contributed by atoms with van der Waals surface area (Å²) >= 11 is 0. The van der Waals surface area contributed by atoms with Gasteiger partial charge in [-0.3, -0.25) is 9.69 Å². The monoisotopic (exact) mass is 398 g/mol. The van der Waals surface area contributed by atoms with E-state index in [1.807, 2.05) is 25.1 Å². The SMILES string of the molecule is COc1ccc2[nH]c3c(c2c1)C[C@@]1(C)C(=O)N(CCCN(C)C(C)C)C(=O)N1C3. The third-order valence-corrected chi connectivity index (χ3v) is 6.58. The highest BCUT2D eigenvalue weighted by atomic mass is 16.5. The Bertz CT molecular complexity index is 966. The maximum Gasteiger partial charge on any atom is 0.328 e. The van der Waals surface area contributed by atoms with Crippen LogP contribution in [0.4, 0.5) is 4.79 Å². The number of fused-ring (bicyclic) bond motifs is 4. The Morgan fingerprint density at radius 2 is 2.07 bits per heavy atom. The number of nitrogens with one attached hydrogen (secondary N) is 1. The van der Waals surface area contributed by atoms with E-state index < -0.39 is 5.54 Å². The molecule has 2 aliphatic rings. The van der Waals surface area contributed by atoms with Crippen molar-refractivity contribution in [2.45, 2.75) is 51.7 Å². The number of amides is 3. The lowest BCUT2D eigenvalue weighted by Crippen LogP contribution is -2.51. The molecule has 7 nitrogen and oxygen atoms in total. The van der Waals surface area contributed by atoms with Crippen LogP contribution in [0.25, 0.3) is 10.9 Å². The van der Waals surface area contributed by atoms with Crippen LogP contribution in [0.3, 0.4) is 0 Å². The molecule has 7 heteroatoms. The third-order valence-electron chi connectivity index (χ3n) is 6.58. The fourth-order valence-corrected chi connectivity index (χ4v) is 4.45. The molecule has 0 radical (unpaired) electrons. The Morgan fingerprint density at radius 1 is 1.31 bits per heavy atom. The van der Waals surface area contributed by atoms with Gasteiger partial charge in [0.05, 0.1) is 13.7 Å². The number of aromatic nitrogens is 1. The number of benzene rings is 1. The number of nitrogens with zero attached hydrogens (tertiary/aromatic N) is 3. The van der Waals surface area contributed by atoms with Crippen LogP contribution >= 0.6 is 0 Å². The van der Waals surface area contributed by atoms with Crippen LogP contribution in [0.1, 0.15) is 38.4 Å². The fourth-order valence-electron chi connectivity index (χ4n) is 4.45. The van der Waals surface area contributed by atoms with Gasteiger partial charge in [-0.15, -0.1) is 0 Å². The molecule has 0 unspecified atom stereocenters. The van der Waals surface area contributed by atoms with Crippen molar-refractivity contribution in [2.75, 3.05) is 27.2 Å². The quantitative estimate of drug-likeness (QED) is 0.760. The van der Waals surface area contributed by atoms with Crippen LogP contribution in [0.5, 0.6) is 5.75 Å². The summed E-state index contributed by atoms with van der Waals surface area (Å²) in [4.78, 5) is 35.2. The molecule has 2 aliphatic heterocycles. The molecule has 1 fully saturated rings. The molecule has 1 aromatic heterocycles. The second-order valence-electron chi connectivity index (χ2n) is 8.70. The first-order valence-corrected chi connectivity index (χ1v) is 10.3. The zero-order chi connectivity index (χ0) is 20.9. The number of aromatic amines is 1. The van der Waals surface area contributed by atoms with Gasteiger partial charge in [-0.25, -0.2) is 4.79 Å². The molecule has 29 heavy (non-hydrogen) atoms. The Labute approximate surface area is 171 Å². The van der Waals surface area contributed by atoms with E-state index in [1.54, 1.807) is 12.0 Å². The van der Waals surface area contributed by atoms with E-state index >= 15 is 0 Å². The number of imide groups is 1.